The number of carbonyl (C=O) groups excluding carboxylic acids is 1. The van der Waals surface area contributed by atoms with Gasteiger partial charge in [0.25, 0.3) is 0 Å². The molecule has 0 aromatic heterocycles. The van der Waals surface area contributed by atoms with Crippen molar-refractivity contribution in [1.29, 1.82) is 0 Å². The van der Waals surface area contributed by atoms with Crippen molar-refractivity contribution >= 4 is 17.6 Å². The second kappa shape index (κ2) is 6.25. The zero-order valence-corrected chi connectivity index (χ0v) is 11.1. The lowest BCUT2D eigenvalue weighted by atomic mass is 10.2. The SMILES string of the molecule is CN(CCC(=O)O)CC(=O)Nc1ccc2c(c1)OCO2. The van der Waals surface area contributed by atoms with Crippen LogP contribution in [0.4, 0.5) is 5.69 Å². The molecule has 2 rings (SSSR count). The van der Waals surface area contributed by atoms with Crippen LogP contribution < -0.4 is 14.8 Å². The number of fused-ring (bicyclic) bond motifs is 1. The van der Waals surface area contributed by atoms with Gasteiger partial charge in [0.15, 0.2) is 11.5 Å². The molecule has 0 radical (unpaired) electrons. The molecule has 108 valence electrons. The van der Waals surface area contributed by atoms with E-state index in [2.05, 4.69) is 5.32 Å². The van der Waals surface area contributed by atoms with Crippen molar-refractivity contribution in [2.45, 2.75) is 6.42 Å². The van der Waals surface area contributed by atoms with Crippen LogP contribution in [0, 0.1) is 0 Å². The third-order valence-corrected chi connectivity index (χ3v) is 2.78. The summed E-state index contributed by atoms with van der Waals surface area (Å²) >= 11 is 0. The molecule has 0 saturated carbocycles. The molecule has 0 spiro atoms. The Hall–Kier alpha value is -2.28. The maximum Gasteiger partial charge on any atom is 0.304 e. The molecule has 7 nitrogen and oxygen atoms in total. The first-order chi connectivity index (χ1) is 9.54. The smallest absolute Gasteiger partial charge is 0.304 e. The molecule has 0 unspecified atom stereocenters. The third-order valence-electron chi connectivity index (χ3n) is 2.78. The number of rotatable bonds is 6. The normalized spacial score (nSPS) is 12.5. The fourth-order valence-corrected chi connectivity index (χ4v) is 1.79. The van der Waals surface area contributed by atoms with Gasteiger partial charge < -0.3 is 19.9 Å². The number of hydrogen-bond donors (Lipinski definition) is 2. The van der Waals surface area contributed by atoms with E-state index in [4.69, 9.17) is 14.6 Å². The fraction of sp³-hybridized carbons (Fsp3) is 0.385. The van der Waals surface area contributed by atoms with Crippen molar-refractivity contribution in [2.75, 3.05) is 32.2 Å². The summed E-state index contributed by atoms with van der Waals surface area (Å²) in [4.78, 5) is 23.9. The Bertz CT molecular complexity index is 517. The highest BCUT2D eigenvalue weighted by Gasteiger charge is 2.14. The second-order valence-corrected chi connectivity index (χ2v) is 4.50. The number of hydrogen-bond acceptors (Lipinski definition) is 5. The third kappa shape index (κ3) is 3.86. The van der Waals surface area contributed by atoms with Crippen LogP contribution in [0.3, 0.4) is 0 Å². The first-order valence-electron chi connectivity index (χ1n) is 6.14. The molecule has 1 aromatic rings. The van der Waals surface area contributed by atoms with E-state index in [1.54, 1.807) is 30.1 Å². The van der Waals surface area contributed by atoms with E-state index in [0.29, 0.717) is 23.7 Å². The van der Waals surface area contributed by atoms with Crippen LogP contribution in [0.15, 0.2) is 18.2 Å². The zero-order valence-electron chi connectivity index (χ0n) is 11.1. The molecule has 7 heteroatoms. The van der Waals surface area contributed by atoms with Gasteiger partial charge in [0.05, 0.1) is 13.0 Å². The van der Waals surface area contributed by atoms with Gasteiger partial charge in [0.2, 0.25) is 12.7 Å². The van der Waals surface area contributed by atoms with Crippen LogP contribution in [0.1, 0.15) is 6.42 Å². The number of nitrogens with one attached hydrogen (secondary N) is 1. The van der Waals surface area contributed by atoms with Crippen LogP contribution in [0.25, 0.3) is 0 Å². The summed E-state index contributed by atoms with van der Waals surface area (Å²) in [5.74, 6) is 0.161. The summed E-state index contributed by atoms with van der Waals surface area (Å²) in [6.07, 6.45) is 0.00774. The highest BCUT2D eigenvalue weighted by atomic mass is 16.7. The molecule has 0 fully saturated rings. The molecular weight excluding hydrogens is 264 g/mol. The number of benzene rings is 1. The summed E-state index contributed by atoms with van der Waals surface area (Å²) in [7, 11) is 1.70. The first-order valence-corrected chi connectivity index (χ1v) is 6.14. The van der Waals surface area contributed by atoms with E-state index in [-0.39, 0.29) is 25.7 Å². The number of ether oxygens (including phenoxy) is 2. The molecule has 0 aliphatic carbocycles. The number of nitrogens with zero attached hydrogens (tertiary/aromatic N) is 1. The number of aliphatic carboxylic acids is 1. The van der Waals surface area contributed by atoms with Crippen LogP contribution in [0.2, 0.25) is 0 Å². The number of amides is 1. The summed E-state index contributed by atoms with van der Waals surface area (Å²) in [5, 5.41) is 11.3. The summed E-state index contributed by atoms with van der Waals surface area (Å²) in [6.45, 7) is 0.635. The largest absolute Gasteiger partial charge is 0.481 e. The Kier molecular flexibility index (Phi) is 4.41. The summed E-state index contributed by atoms with van der Waals surface area (Å²) in [6, 6.07) is 5.15. The van der Waals surface area contributed by atoms with Gasteiger partial charge in [-0.1, -0.05) is 0 Å². The molecular formula is C13H16N2O5. The van der Waals surface area contributed by atoms with E-state index in [1.807, 2.05) is 0 Å². The molecule has 1 aliphatic rings. The van der Waals surface area contributed by atoms with Crippen molar-refractivity contribution in [1.82, 2.24) is 4.90 Å². The minimum absolute atomic E-state index is 0.00774. The monoisotopic (exact) mass is 280 g/mol. The lowest BCUT2D eigenvalue weighted by Crippen LogP contribution is -2.31. The van der Waals surface area contributed by atoms with Gasteiger partial charge in [0, 0.05) is 18.3 Å². The molecule has 2 N–H and O–H groups in total. The predicted octanol–water partition coefficient (Wildman–Crippen LogP) is 0.760. The molecule has 20 heavy (non-hydrogen) atoms. The van der Waals surface area contributed by atoms with Gasteiger partial charge >= 0.3 is 5.97 Å². The highest BCUT2D eigenvalue weighted by Crippen LogP contribution is 2.34. The van der Waals surface area contributed by atoms with Crippen molar-refractivity contribution in [2.24, 2.45) is 0 Å². The molecule has 0 atom stereocenters. The summed E-state index contributed by atoms with van der Waals surface area (Å²) < 4.78 is 10.4. The number of carbonyl (C=O) groups is 2. The van der Waals surface area contributed by atoms with E-state index in [0.717, 1.165) is 0 Å². The number of carboxylic acids is 1. The Balaban J connectivity index is 1.83. The van der Waals surface area contributed by atoms with Crippen LogP contribution in [0.5, 0.6) is 11.5 Å². The van der Waals surface area contributed by atoms with E-state index >= 15 is 0 Å². The lowest BCUT2D eigenvalue weighted by Gasteiger charge is -2.15. The maximum absolute atomic E-state index is 11.8. The van der Waals surface area contributed by atoms with E-state index in [9.17, 15) is 9.59 Å². The van der Waals surface area contributed by atoms with Crippen molar-refractivity contribution in [3.05, 3.63) is 18.2 Å². The average molecular weight is 280 g/mol. The maximum atomic E-state index is 11.8. The van der Waals surface area contributed by atoms with Gasteiger partial charge in [-0.3, -0.25) is 14.5 Å². The van der Waals surface area contributed by atoms with E-state index < -0.39 is 5.97 Å². The van der Waals surface area contributed by atoms with Crippen LogP contribution in [-0.2, 0) is 9.59 Å². The van der Waals surface area contributed by atoms with Crippen molar-refractivity contribution < 1.29 is 24.2 Å². The van der Waals surface area contributed by atoms with Crippen molar-refractivity contribution in [3.8, 4) is 11.5 Å². The van der Waals surface area contributed by atoms with E-state index in [1.165, 1.54) is 0 Å². The van der Waals surface area contributed by atoms with Gasteiger partial charge in [-0.15, -0.1) is 0 Å². The Morgan fingerprint density at radius 1 is 1.35 bits per heavy atom. The Labute approximate surface area is 116 Å². The summed E-state index contributed by atoms with van der Waals surface area (Å²) in [5.41, 5.74) is 0.617. The average Bonchev–Trinajstić information content (AvgIpc) is 2.83. The van der Waals surface area contributed by atoms with Gasteiger partial charge in [-0.2, -0.15) is 0 Å². The minimum Gasteiger partial charge on any atom is -0.481 e. The number of likely N-dealkylation sites (N-methyl/N-ethyl adjacent to an activating group) is 1. The van der Waals surface area contributed by atoms with Gasteiger partial charge in [-0.25, -0.2) is 0 Å². The van der Waals surface area contributed by atoms with Gasteiger partial charge in [-0.05, 0) is 19.2 Å². The quantitative estimate of drug-likeness (QED) is 0.800. The molecule has 1 heterocycles. The second-order valence-electron chi connectivity index (χ2n) is 4.50. The Morgan fingerprint density at radius 3 is 2.85 bits per heavy atom. The van der Waals surface area contributed by atoms with Crippen molar-refractivity contribution in [3.63, 3.8) is 0 Å². The zero-order chi connectivity index (χ0) is 14.5. The van der Waals surface area contributed by atoms with Gasteiger partial charge in [0.1, 0.15) is 0 Å². The molecule has 1 aromatic carbocycles. The fourth-order valence-electron chi connectivity index (χ4n) is 1.79. The highest BCUT2D eigenvalue weighted by molar-refractivity contribution is 5.92. The lowest BCUT2D eigenvalue weighted by molar-refractivity contribution is -0.137. The van der Waals surface area contributed by atoms with Crippen LogP contribution >= 0.6 is 0 Å². The molecule has 0 bridgehead atoms. The molecule has 1 aliphatic heterocycles. The minimum atomic E-state index is -0.881. The predicted molar refractivity (Wildman–Crippen MR) is 70.9 cm³/mol. The Morgan fingerprint density at radius 2 is 2.10 bits per heavy atom. The van der Waals surface area contributed by atoms with Crippen LogP contribution in [-0.4, -0.2) is 48.8 Å². The number of carboxylic acid groups (broad SMARTS) is 1. The topological polar surface area (TPSA) is 88.1 Å². The molecule has 0 saturated heterocycles. The standard InChI is InChI=1S/C13H16N2O5/c1-15(5-4-13(17)18)7-12(16)14-9-2-3-10-11(6-9)20-8-19-10/h2-3,6H,4-5,7-8H2,1H3,(H,14,16)(H,17,18). The first kappa shape index (κ1) is 14.1. The molecule has 1 amide bonds. The number of anilines is 1.